The number of fused-ring (bicyclic) bond motifs is 1. The predicted molar refractivity (Wildman–Crippen MR) is 110 cm³/mol. The molecule has 9 nitrogen and oxygen atoms in total. The quantitative estimate of drug-likeness (QED) is 0.595. The average Bonchev–Trinajstić information content (AvgIpc) is 3.22. The summed E-state index contributed by atoms with van der Waals surface area (Å²) in [5, 5.41) is 4.66. The second-order valence-electron chi connectivity index (χ2n) is 6.50. The highest BCUT2D eigenvalue weighted by Gasteiger charge is 2.24. The summed E-state index contributed by atoms with van der Waals surface area (Å²) < 4.78 is 28.8. The number of aryl methyl sites for hydroxylation is 1. The van der Waals surface area contributed by atoms with Crippen LogP contribution >= 0.6 is 11.3 Å². The van der Waals surface area contributed by atoms with E-state index in [0.717, 1.165) is 13.7 Å². The zero-order chi connectivity index (χ0) is 21.3. The fraction of sp³-hybridized carbons (Fsp3) is 0.278. The number of sulfonamides is 1. The van der Waals surface area contributed by atoms with Gasteiger partial charge in [0.2, 0.25) is 15.9 Å². The number of amides is 1. The molecule has 0 bridgehead atoms. The van der Waals surface area contributed by atoms with Crippen LogP contribution in [0, 0.1) is 0 Å². The minimum atomic E-state index is -4.01. The van der Waals surface area contributed by atoms with Gasteiger partial charge in [0.1, 0.15) is 0 Å². The van der Waals surface area contributed by atoms with Crippen LogP contribution in [0.3, 0.4) is 0 Å². The van der Waals surface area contributed by atoms with Crippen molar-refractivity contribution in [3.8, 4) is 0 Å². The monoisotopic (exact) mass is 436 g/mol. The summed E-state index contributed by atoms with van der Waals surface area (Å²) in [4.78, 5) is 37.4. The van der Waals surface area contributed by atoms with Crippen molar-refractivity contribution in [1.82, 2.24) is 18.8 Å². The molecule has 0 aliphatic heterocycles. The Balaban J connectivity index is 1.86. The van der Waals surface area contributed by atoms with E-state index in [4.69, 9.17) is 0 Å². The van der Waals surface area contributed by atoms with Gasteiger partial charge in [0, 0.05) is 26.0 Å². The molecule has 154 valence electrons. The molecule has 29 heavy (non-hydrogen) atoms. The van der Waals surface area contributed by atoms with E-state index >= 15 is 0 Å². The molecule has 0 aliphatic carbocycles. The first-order chi connectivity index (χ1) is 13.6. The molecule has 3 rings (SSSR count). The molecule has 0 atom stereocenters. The number of likely N-dealkylation sites (N-methyl/N-ethyl adjacent to an activating group) is 1. The van der Waals surface area contributed by atoms with E-state index in [9.17, 15) is 22.8 Å². The van der Waals surface area contributed by atoms with Crippen molar-refractivity contribution in [3.63, 3.8) is 0 Å². The lowest BCUT2D eigenvalue weighted by Crippen LogP contribution is -2.38. The summed E-state index contributed by atoms with van der Waals surface area (Å²) in [6.07, 6.45) is 0. The Morgan fingerprint density at radius 1 is 1.17 bits per heavy atom. The maximum absolute atomic E-state index is 12.9. The molecule has 0 spiro atoms. The molecule has 1 aromatic carbocycles. The Morgan fingerprint density at radius 2 is 1.90 bits per heavy atom. The number of benzene rings is 1. The van der Waals surface area contributed by atoms with E-state index in [2.05, 4.69) is 5.32 Å². The van der Waals surface area contributed by atoms with Crippen LogP contribution < -0.4 is 16.6 Å². The first kappa shape index (κ1) is 21.0. The Bertz CT molecular complexity index is 1290. The normalized spacial score (nSPS) is 11.9. The topological polar surface area (TPSA) is 110 Å². The molecule has 0 aliphatic rings. The van der Waals surface area contributed by atoms with Gasteiger partial charge in [0.25, 0.3) is 5.56 Å². The molecule has 2 heterocycles. The maximum Gasteiger partial charge on any atom is 0.330 e. The van der Waals surface area contributed by atoms with Gasteiger partial charge in [-0.3, -0.25) is 18.7 Å². The zero-order valence-electron chi connectivity index (χ0n) is 16.1. The number of carbonyl (C=O) groups excluding carboxylic acids is 1. The van der Waals surface area contributed by atoms with E-state index in [-0.39, 0.29) is 16.8 Å². The third-order valence-electron chi connectivity index (χ3n) is 4.55. The van der Waals surface area contributed by atoms with Gasteiger partial charge in [-0.25, -0.2) is 13.2 Å². The smallest absolute Gasteiger partial charge is 0.330 e. The van der Waals surface area contributed by atoms with E-state index in [1.54, 1.807) is 0 Å². The molecule has 1 N–H and O–H groups in total. The molecule has 1 amide bonds. The van der Waals surface area contributed by atoms with Crippen LogP contribution in [0.5, 0.6) is 0 Å². The lowest BCUT2D eigenvalue weighted by Gasteiger charge is -2.17. The number of nitrogens with one attached hydrogen (secondary N) is 1. The van der Waals surface area contributed by atoms with Crippen molar-refractivity contribution in [2.75, 3.05) is 13.6 Å². The van der Waals surface area contributed by atoms with Crippen molar-refractivity contribution in [2.45, 2.75) is 11.4 Å². The van der Waals surface area contributed by atoms with Crippen molar-refractivity contribution in [1.29, 1.82) is 0 Å². The summed E-state index contributed by atoms with van der Waals surface area (Å²) in [6, 6.07) is 7.69. The molecular formula is C18H20N4O5S2. The third-order valence-corrected chi connectivity index (χ3v) is 7.23. The lowest BCUT2D eigenvalue weighted by atomic mass is 10.2. The van der Waals surface area contributed by atoms with E-state index in [0.29, 0.717) is 12.1 Å². The van der Waals surface area contributed by atoms with Gasteiger partial charge in [0.05, 0.1) is 28.9 Å². The molecule has 0 saturated heterocycles. The summed E-state index contributed by atoms with van der Waals surface area (Å²) in [5.41, 5.74) is -0.762. The number of carbonyl (C=O) groups is 1. The predicted octanol–water partition coefficient (Wildman–Crippen LogP) is 0.236. The SMILES string of the molecule is CN(CC(=O)NCc1cccs1)S(=O)(=O)c1ccc2c(c1)c(=O)n(C)c(=O)n2C. The van der Waals surface area contributed by atoms with Gasteiger partial charge >= 0.3 is 5.69 Å². The van der Waals surface area contributed by atoms with Crippen LogP contribution in [0.25, 0.3) is 10.9 Å². The van der Waals surface area contributed by atoms with Crippen molar-refractivity contribution < 1.29 is 13.2 Å². The first-order valence-corrected chi connectivity index (χ1v) is 10.9. The summed E-state index contributed by atoms with van der Waals surface area (Å²) in [5.74, 6) is -0.441. The lowest BCUT2D eigenvalue weighted by molar-refractivity contribution is -0.121. The number of hydrogen-bond donors (Lipinski definition) is 1. The Labute approximate surface area is 170 Å². The van der Waals surface area contributed by atoms with Crippen LogP contribution in [0.1, 0.15) is 4.88 Å². The average molecular weight is 437 g/mol. The highest BCUT2D eigenvalue weighted by atomic mass is 32.2. The molecule has 3 aromatic rings. The number of rotatable bonds is 6. The van der Waals surface area contributed by atoms with E-state index < -0.39 is 27.2 Å². The fourth-order valence-corrected chi connectivity index (χ4v) is 4.66. The van der Waals surface area contributed by atoms with Crippen LogP contribution in [0.15, 0.2) is 50.2 Å². The van der Waals surface area contributed by atoms with Gasteiger partial charge in [-0.15, -0.1) is 11.3 Å². The van der Waals surface area contributed by atoms with Gasteiger partial charge < -0.3 is 5.32 Å². The highest BCUT2D eigenvalue weighted by molar-refractivity contribution is 7.89. The second kappa shape index (κ2) is 7.93. The van der Waals surface area contributed by atoms with Gasteiger partial charge in [-0.05, 0) is 29.6 Å². The van der Waals surface area contributed by atoms with Crippen LogP contribution in [0.4, 0.5) is 0 Å². The van der Waals surface area contributed by atoms with Gasteiger partial charge in [0.15, 0.2) is 0 Å². The summed E-state index contributed by atoms with van der Waals surface area (Å²) >= 11 is 1.49. The van der Waals surface area contributed by atoms with E-state index in [1.807, 2.05) is 17.5 Å². The van der Waals surface area contributed by atoms with Crippen LogP contribution in [0.2, 0.25) is 0 Å². The largest absolute Gasteiger partial charge is 0.350 e. The highest BCUT2D eigenvalue weighted by Crippen LogP contribution is 2.18. The molecular weight excluding hydrogens is 416 g/mol. The fourth-order valence-electron chi connectivity index (χ4n) is 2.86. The molecule has 0 unspecified atom stereocenters. The van der Waals surface area contributed by atoms with Gasteiger partial charge in [-0.1, -0.05) is 6.07 Å². The van der Waals surface area contributed by atoms with Gasteiger partial charge in [-0.2, -0.15) is 4.31 Å². The number of hydrogen-bond acceptors (Lipinski definition) is 6. The molecule has 2 aromatic heterocycles. The second-order valence-corrected chi connectivity index (χ2v) is 9.58. The summed E-state index contributed by atoms with van der Waals surface area (Å²) in [7, 11) is 0.115. The van der Waals surface area contributed by atoms with Crippen LogP contribution in [-0.2, 0) is 35.5 Å². The van der Waals surface area contributed by atoms with Crippen molar-refractivity contribution in [3.05, 3.63) is 61.4 Å². The minimum absolute atomic E-state index is 0.103. The standard InChI is InChI=1S/C18H20N4O5S2/c1-20(11-16(23)19-10-12-5-4-8-28-12)29(26,27)13-6-7-15-14(9-13)17(24)22(3)18(25)21(15)2/h4-9H,10-11H2,1-3H3,(H,19,23). The third kappa shape index (κ3) is 4.02. The van der Waals surface area contributed by atoms with Crippen molar-refractivity contribution in [2.24, 2.45) is 14.1 Å². The maximum atomic E-state index is 12.9. The Kier molecular flexibility index (Phi) is 5.73. The number of aromatic nitrogens is 2. The molecule has 0 fully saturated rings. The Morgan fingerprint density at radius 3 is 2.55 bits per heavy atom. The molecule has 0 saturated carbocycles. The molecule has 0 radical (unpaired) electrons. The first-order valence-electron chi connectivity index (χ1n) is 8.58. The molecule has 11 heteroatoms. The van der Waals surface area contributed by atoms with E-state index in [1.165, 1.54) is 55.2 Å². The number of thiophene rings is 1. The minimum Gasteiger partial charge on any atom is -0.350 e. The zero-order valence-corrected chi connectivity index (χ0v) is 17.7. The van der Waals surface area contributed by atoms with Crippen LogP contribution in [-0.4, -0.2) is 41.4 Å². The van der Waals surface area contributed by atoms with Crippen molar-refractivity contribution >= 4 is 38.2 Å². The summed E-state index contributed by atoms with van der Waals surface area (Å²) in [6.45, 7) is -0.0402. The number of nitrogens with zero attached hydrogens (tertiary/aromatic N) is 3. The Hall–Kier alpha value is -2.76.